The second-order valence-corrected chi connectivity index (χ2v) is 3.82. The van der Waals surface area contributed by atoms with Crippen molar-refractivity contribution in [2.45, 2.75) is 19.9 Å². The van der Waals surface area contributed by atoms with Crippen molar-refractivity contribution in [2.24, 2.45) is 0 Å². The first-order valence-electron chi connectivity index (χ1n) is 5.92. The molecule has 0 N–H and O–H groups in total. The smallest absolute Gasteiger partial charge is 0.361 e. The van der Waals surface area contributed by atoms with E-state index < -0.39 is 23.8 Å². The van der Waals surface area contributed by atoms with Gasteiger partial charge in [0.15, 0.2) is 5.69 Å². The molecular formula is C12H12F2N4O2. The van der Waals surface area contributed by atoms with Gasteiger partial charge in [-0.1, -0.05) is 11.3 Å². The van der Waals surface area contributed by atoms with Gasteiger partial charge in [-0.25, -0.2) is 18.3 Å². The third kappa shape index (κ3) is 2.95. The number of halogens is 2. The van der Waals surface area contributed by atoms with E-state index in [2.05, 4.69) is 20.0 Å². The van der Waals surface area contributed by atoms with E-state index in [-0.39, 0.29) is 13.2 Å². The molecule has 0 aromatic carbocycles. The lowest BCUT2D eigenvalue weighted by Crippen LogP contribution is -2.12. The van der Waals surface area contributed by atoms with Crippen LogP contribution in [0.3, 0.4) is 0 Å². The Morgan fingerprint density at radius 3 is 2.85 bits per heavy atom. The molecule has 2 heterocycles. The zero-order valence-corrected chi connectivity index (χ0v) is 10.7. The second kappa shape index (κ2) is 6.18. The molecule has 0 radical (unpaired) electrons. The van der Waals surface area contributed by atoms with Crippen LogP contribution in [0.2, 0.25) is 0 Å². The Labute approximate surface area is 113 Å². The summed E-state index contributed by atoms with van der Waals surface area (Å²) in [6.07, 6.45) is -1.34. The van der Waals surface area contributed by atoms with Crippen LogP contribution in [0.4, 0.5) is 8.78 Å². The first-order chi connectivity index (χ1) is 9.63. The summed E-state index contributed by atoms with van der Waals surface area (Å²) in [5.74, 6) is -0.907. The summed E-state index contributed by atoms with van der Waals surface area (Å²) >= 11 is 0. The van der Waals surface area contributed by atoms with Crippen molar-refractivity contribution >= 4 is 5.97 Å². The molecule has 2 aromatic heterocycles. The summed E-state index contributed by atoms with van der Waals surface area (Å²) in [6.45, 7) is 1.67. The monoisotopic (exact) mass is 282 g/mol. The molecule has 8 heteroatoms. The second-order valence-electron chi connectivity index (χ2n) is 3.82. The third-order valence-corrected chi connectivity index (χ3v) is 2.49. The van der Waals surface area contributed by atoms with E-state index in [1.54, 1.807) is 31.3 Å². The number of pyridine rings is 1. The Morgan fingerprint density at radius 2 is 2.25 bits per heavy atom. The fraction of sp³-hybridized carbons (Fsp3) is 0.333. The van der Waals surface area contributed by atoms with Crippen LogP contribution in [0.25, 0.3) is 0 Å². The minimum absolute atomic E-state index is 0.00686. The van der Waals surface area contributed by atoms with Crippen LogP contribution < -0.4 is 0 Å². The quantitative estimate of drug-likeness (QED) is 0.782. The van der Waals surface area contributed by atoms with Crippen molar-refractivity contribution in [3.63, 3.8) is 0 Å². The molecule has 0 aliphatic rings. The lowest BCUT2D eigenvalue weighted by Gasteiger charge is -2.06. The minimum Gasteiger partial charge on any atom is -0.461 e. The Kier molecular flexibility index (Phi) is 4.34. The maximum atomic E-state index is 13.1. The topological polar surface area (TPSA) is 69.9 Å². The predicted octanol–water partition coefficient (Wildman–Crippen LogP) is 1.84. The molecule has 0 saturated heterocycles. The van der Waals surface area contributed by atoms with Crippen molar-refractivity contribution in [1.29, 1.82) is 0 Å². The van der Waals surface area contributed by atoms with Gasteiger partial charge >= 0.3 is 5.97 Å². The number of carbonyl (C=O) groups excluding carboxylic acids is 1. The molecule has 106 valence electrons. The molecule has 0 aliphatic carbocycles. The zero-order chi connectivity index (χ0) is 14.5. The third-order valence-electron chi connectivity index (χ3n) is 2.49. The normalized spacial score (nSPS) is 10.8. The number of rotatable bonds is 5. The van der Waals surface area contributed by atoms with Crippen molar-refractivity contribution in [3.8, 4) is 0 Å². The Balaban J connectivity index is 2.32. The number of alkyl halides is 2. The molecule has 0 fully saturated rings. The van der Waals surface area contributed by atoms with E-state index in [0.29, 0.717) is 5.69 Å². The molecule has 2 rings (SSSR count). The van der Waals surface area contributed by atoms with Crippen LogP contribution in [-0.4, -0.2) is 32.6 Å². The summed E-state index contributed by atoms with van der Waals surface area (Å²) in [5.41, 5.74) is -0.485. The summed E-state index contributed by atoms with van der Waals surface area (Å²) in [6, 6.07) is 5.11. The van der Waals surface area contributed by atoms with Gasteiger partial charge < -0.3 is 4.74 Å². The minimum atomic E-state index is -2.88. The molecule has 2 aromatic rings. The fourth-order valence-corrected chi connectivity index (χ4v) is 1.64. The zero-order valence-electron chi connectivity index (χ0n) is 10.7. The van der Waals surface area contributed by atoms with E-state index in [9.17, 15) is 13.6 Å². The van der Waals surface area contributed by atoms with Crippen molar-refractivity contribution in [2.75, 3.05) is 6.61 Å². The van der Waals surface area contributed by atoms with Gasteiger partial charge in [-0.3, -0.25) is 4.98 Å². The molecule has 0 unspecified atom stereocenters. The van der Waals surface area contributed by atoms with E-state index in [1.165, 1.54) is 0 Å². The fourth-order valence-electron chi connectivity index (χ4n) is 1.64. The van der Waals surface area contributed by atoms with Gasteiger partial charge in [-0.2, -0.15) is 0 Å². The maximum absolute atomic E-state index is 13.1. The molecule has 6 nitrogen and oxygen atoms in total. The van der Waals surface area contributed by atoms with Crippen LogP contribution in [-0.2, 0) is 11.3 Å². The van der Waals surface area contributed by atoms with Crippen LogP contribution in [0, 0.1) is 0 Å². The lowest BCUT2D eigenvalue weighted by molar-refractivity contribution is 0.0506. The van der Waals surface area contributed by atoms with Gasteiger partial charge in [0, 0.05) is 6.20 Å². The van der Waals surface area contributed by atoms with Gasteiger partial charge in [-0.15, -0.1) is 5.10 Å². The number of hydrogen-bond donors (Lipinski definition) is 0. The first kappa shape index (κ1) is 14.0. The van der Waals surface area contributed by atoms with E-state index in [1.807, 2.05) is 0 Å². The van der Waals surface area contributed by atoms with Crippen molar-refractivity contribution in [1.82, 2.24) is 20.0 Å². The summed E-state index contributed by atoms with van der Waals surface area (Å²) in [7, 11) is 0. The van der Waals surface area contributed by atoms with Crippen molar-refractivity contribution < 1.29 is 18.3 Å². The number of hydrogen-bond acceptors (Lipinski definition) is 5. The number of aromatic nitrogens is 4. The van der Waals surface area contributed by atoms with Crippen LogP contribution >= 0.6 is 0 Å². The molecule has 0 aliphatic heterocycles. The van der Waals surface area contributed by atoms with Crippen LogP contribution in [0.5, 0.6) is 0 Å². The number of ether oxygens (including phenoxy) is 1. The van der Waals surface area contributed by atoms with E-state index in [0.717, 1.165) is 4.68 Å². The highest BCUT2D eigenvalue weighted by Gasteiger charge is 2.27. The highest BCUT2D eigenvalue weighted by molar-refractivity contribution is 5.88. The lowest BCUT2D eigenvalue weighted by atomic mass is 10.3. The van der Waals surface area contributed by atoms with Gasteiger partial charge in [0.25, 0.3) is 6.43 Å². The maximum Gasteiger partial charge on any atom is 0.361 e. The SMILES string of the molecule is CCOC(=O)c1nnn(Cc2ccccn2)c1C(F)F. The molecule has 0 atom stereocenters. The standard InChI is InChI=1S/C12H12F2N4O2/c1-2-20-12(19)9-10(11(13)14)18(17-16-9)7-8-5-3-4-6-15-8/h3-6,11H,2,7H2,1H3. The average Bonchev–Trinajstić information content (AvgIpc) is 2.84. The Bertz CT molecular complexity index is 586. The van der Waals surface area contributed by atoms with Crippen LogP contribution in [0.15, 0.2) is 24.4 Å². The molecular weight excluding hydrogens is 270 g/mol. The van der Waals surface area contributed by atoms with Crippen LogP contribution in [0.1, 0.15) is 35.2 Å². The van der Waals surface area contributed by atoms with Gasteiger partial charge in [0.2, 0.25) is 0 Å². The Morgan fingerprint density at radius 1 is 1.45 bits per heavy atom. The molecule has 20 heavy (non-hydrogen) atoms. The van der Waals surface area contributed by atoms with Gasteiger partial charge in [0.1, 0.15) is 5.69 Å². The van der Waals surface area contributed by atoms with E-state index >= 15 is 0 Å². The first-order valence-corrected chi connectivity index (χ1v) is 5.92. The highest BCUT2D eigenvalue weighted by atomic mass is 19.3. The number of esters is 1. The summed E-state index contributed by atoms with van der Waals surface area (Å²) in [5, 5.41) is 7.06. The summed E-state index contributed by atoms with van der Waals surface area (Å²) < 4.78 is 31.8. The molecule has 0 spiro atoms. The number of carbonyl (C=O) groups is 1. The molecule has 0 bridgehead atoms. The van der Waals surface area contributed by atoms with Gasteiger partial charge in [0.05, 0.1) is 18.8 Å². The predicted molar refractivity (Wildman–Crippen MR) is 64.3 cm³/mol. The number of nitrogens with zero attached hydrogens (tertiary/aromatic N) is 4. The van der Waals surface area contributed by atoms with Crippen molar-refractivity contribution in [3.05, 3.63) is 41.5 Å². The summed E-state index contributed by atoms with van der Waals surface area (Å²) in [4.78, 5) is 15.6. The average molecular weight is 282 g/mol. The Hall–Kier alpha value is -2.38. The highest BCUT2D eigenvalue weighted by Crippen LogP contribution is 2.22. The molecule has 0 amide bonds. The van der Waals surface area contributed by atoms with E-state index in [4.69, 9.17) is 0 Å². The largest absolute Gasteiger partial charge is 0.461 e. The van der Waals surface area contributed by atoms with Gasteiger partial charge in [-0.05, 0) is 19.1 Å². The molecule has 0 saturated carbocycles.